The number of hydrazone groups is 1. The van der Waals surface area contributed by atoms with Gasteiger partial charge in [-0.1, -0.05) is 19.8 Å². The molecular formula is C24H26BrN3O5. The minimum Gasteiger partial charge on any atom is -0.493 e. The number of amides is 1. The number of hydrogen-bond donors (Lipinski definition) is 1. The van der Waals surface area contributed by atoms with Crippen molar-refractivity contribution in [1.29, 1.82) is 0 Å². The number of fused-ring (bicyclic) bond motifs is 1. The van der Waals surface area contributed by atoms with Gasteiger partial charge in [-0.05, 0) is 75.5 Å². The maximum atomic E-state index is 12.6. The molecule has 2 fully saturated rings. The van der Waals surface area contributed by atoms with Crippen LogP contribution in [0.25, 0.3) is 0 Å². The number of halogens is 1. The van der Waals surface area contributed by atoms with E-state index in [0.717, 1.165) is 24.0 Å². The summed E-state index contributed by atoms with van der Waals surface area (Å²) in [5.74, 6) is 1.55. The number of non-ortho nitro benzene ring substituents is 1. The molecule has 0 heterocycles. The number of nitrogens with one attached hydrogen (secondary N) is 1. The lowest BCUT2D eigenvalue weighted by Crippen LogP contribution is -2.22. The number of carbonyl (C=O) groups excluding carboxylic acids is 1. The van der Waals surface area contributed by atoms with Gasteiger partial charge in [0.25, 0.3) is 5.69 Å². The average molecular weight is 516 g/mol. The summed E-state index contributed by atoms with van der Waals surface area (Å²) in [5, 5.41) is 14.9. The van der Waals surface area contributed by atoms with Gasteiger partial charge in [0.2, 0.25) is 5.91 Å². The summed E-state index contributed by atoms with van der Waals surface area (Å²) >= 11 is 3.50. The first-order chi connectivity index (χ1) is 15.8. The summed E-state index contributed by atoms with van der Waals surface area (Å²) in [4.78, 5) is 22.9. The summed E-state index contributed by atoms with van der Waals surface area (Å²) in [7, 11) is 1.54. The lowest BCUT2D eigenvalue weighted by atomic mass is 9.90. The predicted octanol–water partition coefficient (Wildman–Crippen LogP) is 5.22. The average Bonchev–Trinajstić information content (AvgIpc) is 3.43. The molecule has 174 valence electrons. The van der Waals surface area contributed by atoms with Crippen molar-refractivity contribution in [2.24, 2.45) is 22.4 Å². The first-order valence-electron chi connectivity index (χ1n) is 10.9. The molecule has 8 nitrogen and oxygen atoms in total. The largest absolute Gasteiger partial charge is 0.493 e. The van der Waals surface area contributed by atoms with Gasteiger partial charge in [0.15, 0.2) is 11.5 Å². The molecule has 0 unspecified atom stereocenters. The van der Waals surface area contributed by atoms with Crippen LogP contribution in [0.3, 0.4) is 0 Å². The Hall–Kier alpha value is -2.94. The van der Waals surface area contributed by atoms with Crippen molar-refractivity contribution in [3.05, 3.63) is 62.1 Å². The van der Waals surface area contributed by atoms with E-state index in [9.17, 15) is 14.9 Å². The molecule has 2 saturated carbocycles. The Morgan fingerprint density at radius 2 is 2.09 bits per heavy atom. The number of benzene rings is 2. The number of ether oxygens (including phenoxy) is 2. The molecule has 4 rings (SSSR count). The first kappa shape index (κ1) is 23.2. The fraction of sp³-hybridized carbons (Fsp3) is 0.417. The van der Waals surface area contributed by atoms with Crippen molar-refractivity contribution < 1.29 is 19.2 Å². The molecule has 0 radical (unpaired) electrons. The van der Waals surface area contributed by atoms with Crippen molar-refractivity contribution in [3.63, 3.8) is 0 Å². The Morgan fingerprint density at radius 1 is 1.33 bits per heavy atom. The maximum absolute atomic E-state index is 12.6. The van der Waals surface area contributed by atoms with E-state index in [1.165, 1.54) is 25.0 Å². The summed E-state index contributed by atoms with van der Waals surface area (Å²) in [5.41, 5.74) is 4.40. The maximum Gasteiger partial charge on any atom is 0.269 e. The minimum absolute atomic E-state index is 0.00488. The summed E-state index contributed by atoms with van der Waals surface area (Å²) in [6.45, 7) is 2.43. The molecule has 0 spiro atoms. The van der Waals surface area contributed by atoms with Gasteiger partial charge in [0, 0.05) is 18.1 Å². The van der Waals surface area contributed by atoms with E-state index in [2.05, 4.69) is 33.4 Å². The quantitative estimate of drug-likeness (QED) is 0.294. The number of nitro benzene ring substituents is 1. The van der Waals surface area contributed by atoms with Crippen LogP contribution in [0, 0.1) is 27.4 Å². The summed E-state index contributed by atoms with van der Waals surface area (Å²) in [6, 6.07) is 9.77. The van der Waals surface area contributed by atoms with Gasteiger partial charge in [-0.25, -0.2) is 5.43 Å². The van der Waals surface area contributed by atoms with Crippen LogP contribution in [0.4, 0.5) is 5.69 Å². The fourth-order valence-corrected chi connectivity index (χ4v) is 5.49. The predicted molar refractivity (Wildman–Crippen MR) is 127 cm³/mol. The van der Waals surface area contributed by atoms with Gasteiger partial charge in [0.1, 0.15) is 6.61 Å². The van der Waals surface area contributed by atoms with Crippen LogP contribution in [0.5, 0.6) is 11.5 Å². The SMILES string of the molecule is COc1cc(/C=N\NC(=O)[C@@H]2[C@@H]3CCCC[C@]23C)cc(Br)c1OCc1ccc([N+](=O)[O-])cc1. The smallest absolute Gasteiger partial charge is 0.269 e. The van der Waals surface area contributed by atoms with Crippen LogP contribution in [0.2, 0.25) is 0 Å². The van der Waals surface area contributed by atoms with Gasteiger partial charge in [-0.2, -0.15) is 5.10 Å². The highest BCUT2D eigenvalue weighted by molar-refractivity contribution is 9.10. The highest BCUT2D eigenvalue weighted by Crippen LogP contribution is 2.66. The molecule has 0 bridgehead atoms. The minimum atomic E-state index is -0.440. The lowest BCUT2D eigenvalue weighted by molar-refractivity contribution is -0.384. The van der Waals surface area contributed by atoms with E-state index in [1.807, 2.05) is 6.07 Å². The van der Waals surface area contributed by atoms with Crippen molar-refractivity contribution in [2.45, 2.75) is 39.2 Å². The van der Waals surface area contributed by atoms with Gasteiger partial charge in [-0.3, -0.25) is 14.9 Å². The molecular weight excluding hydrogens is 490 g/mol. The van der Waals surface area contributed by atoms with Crippen LogP contribution in [-0.4, -0.2) is 24.2 Å². The van der Waals surface area contributed by atoms with Crippen LogP contribution >= 0.6 is 15.9 Å². The molecule has 0 aliphatic heterocycles. The van der Waals surface area contributed by atoms with Crippen LogP contribution in [-0.2, 0) is 11.4 Å². The van der Waals surface area contributed by atoms with Gasteiger partial charge in [0.05, 0.1) is 22.7 Å². The third-order valence-electron chi connectivity index (χ3n) is 6.78. The van der Waals surface area contributed by atoms with Gasteiger partial charge < -0.3 is 9.47 Å². The second-order valence-electron chi connectivity index (χ2n) is 8.82. The monoisotopic (exact) mass is 515 g/mol. The van der Waals surface area contributed by atoms with E-state index >= 15 is 0 Å². The third kappa shape index (κ3) is 4.88. The molecule has 2 aliphatic carbocycles. The molecule has 9 heteroatoms. The van der Waals surface area contributed by atoms with E-state index in [0.29, 0.717) is 21.9 Å². The van der Waals surface area contributed by atoms with Crippen LogP contribution in [0.1, 0.15) is 43.7 Å². The Bertz CT molecular complexity index is 1090. The number of carbonyl (C=O) groups is 1. The van der Waals surface area contributed by atoms with Gasteiger partial charge in [-0.15, -0.1) is 0 Å². The molecule has 2 aromatic carbocycles. The normalized spacial score (nSPS) is 23.6. The third-order valence-corrected chi connectivity index (χ3v) is 7.37. The van der Waals surface area contributed by atoms with Crippen molar-refractivity contribution in [2.75, 3.05) is 7.11 Å². The number of nitrogens with zero attached hydrogens (tertiary/aromatic N) is 2. The van der Waals surface area contributed by atoms with Crippen molar-refractivity contribution in [3.8, 4) is 11.5 Å². The summed E-state index contributed by atoms with van der Waals surface area (Å²) < 4.78 is 12.0. The highest BCUT2D eigenvalue weighted by atomic mass is 79.9. The topological polar surface area (TPSA) is 103 Å². The number of rotatable bonds is 8. The van der Waals surface area contributed by atoms with Crippen molar-refractivity contribution >= 4 is 33.7 Å². The number of hydrogen-bond acceptors (Lipinski definition) is 6. The Balaban J connectivity index is 1.38. The fourth-order valence-electron chi connectivity index (χ4n) is 4.91. The van der Waals surface area contributed by atoms with E-state index in [1.54, 1.807) is 31.5 Å². The second kappa shape index (κ2) is 9.51. The Kier molecular flexibility index (Phi) is 6.69. The first-order valence-corrected chi connectivity index (χ1v) is 11.7. The zero-order valence-electron chi connectivity index (χ0n) is 18.5. The standard InChI is InChI=1S/C24H26BrN3O5/c1-24-10-4-3-5-18(24)21(24)23(29)27-26-13-16-11-19(25)22(20(12-16)32-2)33-14-15-6-8-17(9-7-15)28(30)31/h6-9,11-13,18,21H,3-5,10,14H2,1-2H3,(H,27,29)/b26-13-/t18-,21-,24-/m0/s1. The van der Waals surface area contributed by atoms with Crippen molar-refractivity contribution in [1.82, 2.24) is 5.43 Å². The number of methoxy groups -OCH3 is 1. The molecule has 1 N–H and O–H groups in total. The molecule has 2 aliphatic rings. The number of nitro groups is 1. The zero-order valence-corrected chi connectivity index (χ0v) is 20.1. The van der Waals surface area contributed by atoms with Crippen LogP contribution in [0.15, 0.2) is 46.0 Å². The van der Waals surface area contributed by atoms with E-state index in [4.69, 9.17) is 9.47 Å². The molecule has 1 amide bonds. The van der Waals surface area contributed by atoms with Gasteiger partial charge >= 0.3 is 0 Å². The van der Waals surface area contributed by atoms with Crippen LogP contribution < -0.4 is 14.9 Å². The summed E-state index contributed by atoms with van der Waals surface area (Å²) in [6.07, 6.45) is 6.24. The molecule has 2 aromatic rings. The van der Waals surface area contributed by atoms with E-state index < -0.39 is 4.92 Å². The zero-order chi connectivity index (χ0) is 23.6. The molecule has 0 saturated heterocycles. The molecule has 33 heavy (non-hydrogen) atoms. The highest BCUT2D eigenvalue weighted by Gasteiger charge is 2.64. The van der Waals surface area contributed by atoms with E-state index in [-0.39, 0.29) is 29.5 Å². The molecule has 0 aromatic heterocycles. The second-order valence-corrected chi connectivity index (χ2v) is 9.67. The Labute approximate surface area is 200 Å². The lowest BCUT2D eigenvalue weighted by Gasteiger charge is -2.15. The Morgan fingerprint density at radius 3 is 2.73 bits per heavy atom. The molecule has 3 atom stereocenters.